The van der Waals surface area contributed by atoms with E-state index in [4.69, 9.17) is 17.3 Å². The zero-order valence-corrected chi connectivity index (χ0v) is 10.7. The number of benzene rings is 1. The van der Waals surface area contributed by atoms with Gasteiger partial charge in [-0.3, -0.25) is 0 Å². The molecule has 2 rings (SSSR count). The molecule has 3 heteroatoms. The SMILES string of the molecule is C[C@@H]1C[C@@H](C)CN(c2ccc(Cl)cc2N)C1. The molecule has 1 saturated heterocycles. The zero-order chi connectivity index (χ0) is 11.7. The summed E-state index contributed by atoms with van der Waals surface area (Å²) in [5, 5.41) is 0.708. The molecule has 88 valence electrons. The third-order valence-electron chi connectivity index (χ3n) is 3.20. The number of anilines is 2. The molecule has 2 atom stereocenters. The maximum absolute atomic E-state index is 6.02. The van der Waals surface area contributed by atoms with Crippen LogP contribution in [0.1, 0.15) is 20.3 Å². The van der Waals surface area contributed by atoms with Crippen LogP contribution in [0.15, 0.2) is 18.2 Å². The molecular weight excluding hydrogens is 220 g/mol. The Morgan fingerprint density at radius 3 is 2.44 bits per heavy atom. The molecule has 2 nitrogen and oxygen atoms in total. The van der Waals surface area contributed by atoms with Crippen LogP contribution in [0.4, 0.5) is 11.4 Å². The van der Waals surface area contributed by atoms with E-state index in [2.05, 4.69) is 18.7 Å². The molecule has 0 radical (unpaired) electrons. The van der Waals surface area contributed by atoms with Crippen molar-refractivity contribution >= 4 is 23.0 Å². The Morgan fingerprint density at radius 1 is 1.25 bits per heavy atom. The van der Waals surface area contributed by atoms with Gasteiger partial charge >= 0.3 is 0 Å². The van der Waals surface area contributed by atoms with E-state index in [1.165, 1.54) is 6.42 Å². The first-order valence-corrected chi connectivity index (χ1v) is 6.24. The number of nitrogen functional groups attached to an aromatic ring is 1. The number of hydrogen-bond acceptors (Lipinski definition) is 2. The van der Waals surface area contributed by atoms with E-state index in [0.29, 0.717) is 5.02 Å². The normalized spacial score (nSPS) is 25.8. The Balaban J connectivity index is 2.23. The minimum absolute atomic E-state index is 0.708. The molecule has 0 aromatic heterocycles. The Morgan fingerprint density at radius 2 is 1.88 bits per heavy atom. The third-order valence-corrected chi connectivity index (χ3v) is 3.43. The lowest BCUT2D eigenvalue weighted by Crippen LogP contribution is -2.39. The van der Waals surface area contributed by atoms with Crippen molar-refractivity contribution in [2.24, 2.45) is 11.8 Å². The average molecular weight is 239 g/mol. The van der Waals surface area contributed by atoms with Crippen molar-refractivity contribution in [3.8, 4) is 0 Å². The summed E-state index contributed by atoms with van der Waals surface area (Å²) in [6.45, 7) is 6.79. The Hall–Kier alpha value is -0.890. The molecule has 0 amide bonds. The summed E-state index contributed by atoms with van der Waals surface area (Å²) in [5.74, 6) is 1.47. The molecule has 16 heavy (non-hydrogen) atoms. The Kier molecular flexibility index (Phi) is 3.29. The van der Waals surface area contributed by atoms with E-state index in [1.807, 2.05) is 18.2 Å². The number of rotatable bonds is 1. The number of nitrogens with zero attached hydrogens (tertiary/aromatic N) is 1. The third kappa shape index (κ3) is 2.43. The van der Waals surface area contributed by atoms with Gasteiger partial charge in [0.1, 0.15) is 0 Å². The van der Waals surface area contributed by atoms with Crippen molar-refractivity contribution in [2.45, 2.75) is 20.3 Å². The Labute approximate surface area is 102 Å². The van der Waals surface area contributed by atoms with Gasteiger partial charge in [-0.2, -0.15) is 0 Å². The first-order chi connectivity index (χ1) is 7.56. The smallest absolute Gasteiger partial charge is 0.0601 e. The van der Waals surface area contributed by atoms with E-state index < -0.39 is 0 Å². The van der Waals surface area contributed by atoms with Crippen LogP contribution < -0.4 is 10.6 Å². The molecule has 0 bridgehead atoms. The van der Waals surface area contributed by atoms with Crippen LogP contribution in [0.5, 0.6) is 0 Å². The van der Waals surface area contributed by atoms with E-state index in [-0.39, 0.29) is 0 Å². The van der Waals surface area contributed by atoms with Crippen LogP contribution in [-0.2, 0) is 0 Å². The van der Waals surface area contributed by atoms with Crippen LogP contribution in [0.25, 0.3) is 0 Å². The van der Waals surface area contributed by atoms with Gasteiger partial charge in [0.25, 0.3) is 0 Å². The maximum atomic E-state index is 6.02. The maximum Gasteiger partial charge on any atom is 0.0601 e. The molecule has 2 N–H and O–H groups in total. The standard InChI is InChI=1S/C13H19ClN2/c1-9-5-10(2)8-16(7-9)13-4-3-11(14)6-12(13)15/h3-4,6,9-10H,5,7-8,15H2,1-2H3/t9-,10-/m1/s1. The largest absolute Gasteiger partial charge is 0.397 e. The molecule has 1 aromatic carbocycles. The highest BCUT2D eigenvalue weighted by Gasteiger charge is 2.22. The van der Waals surface area contributed by atoms with Crippen molar-refractivity contribution < 1.29 is 0 Å². The number of halogens is 1. The Bertz CT molecular complexity index is 368. The lowest BCUT2D eigenvalue weighted by molar-refractivity contribution is 0.357. The fourth-order valence-corrected chi connectivity index (χ4v) is 2.85. The van der Waals surface area contributed by atoms with E-state index in [9.17, 15) is 0 Å². The zero-order valence-electron chi connectivity index (χ0n) is 9.91. The molecule has 1 aromatic rings. The summed E-state index contributed by atoms with van der Waals surface area (Å²) < 4.78 is 0. The average Bonchev–Trinajstić information content (AvgIpc) is 2.15. The molecule has 0 saturated carbocycles. The highest BCUT2D eigenvalue weighted by Crippen LogP contribution is 2.31. The highest BCUT2D eigenvalue weighted by atomic mass is 35.5. The van der Waals surface area contributed by atoms with Crippen LogP contribution in [-0.4, -0.2) is 13.1 Å². The van der Waals surface area contributed by atoms with E-state index in [1.54, 1.807) is 0 Å². The number of hydrogen-bond donors (Lipinski definition) is 1. The predicted octanol–water partition coefficient (Wildman–Crippen LogP) is 3.40. The van der Waals surface area contributed by atoms with Crippen LogP contribution in [0.3, 0.4) is 0 Å². The van der Waals surface area contributed by atoms with Crippen molar-refractivity contribution in [3.05, 3.63) is 23.2 Å². The van der Waals surface area contributed by atoms with Gasteiger partial charge in [-0.1, -0.05) is 25.4 Å². The summed E-state index contributed by atoms with van der Waals surface area (Å²) in [4.78, 5) is 2.38. The van der Waals surface area contributed by atoms with Crippen molar-refractivity contribution in [3.63, 3.8) is 0 Å². The summed E-state index contributed by atoms with van der Waals surface area (Å²) in [6, 6.07) is 5.78. The summed E-state index contributed by atoms with van der Waals surface area (Å²) in [6.07, 6.45) is 1.31. The first-order valence-electron chi connectivity index (χ1n) is 5.86. The first kappa shape index (κ1) is 11.6. The number of piperidine rings is 1. The molecule has 1 heterocycles. The lowest BCUT2D eigenvalue weighted by Gasteiger charge is -2.37. The monoisotopic (exact) mass is 238 g/mol. The molecular formula is C13H19ClN2. The highest BCUT2D eigenvalue weighted by molar-refractivity contribution is 6.31. The van der Waals surface area contributed by atoms with E-state index in [0.717, 1.165) is 36.3 Å². The van der Waals surface area contributed by atoms with Crippen LogP contribution >= 0.6 is 11.6 Å². The summed E-state index contributed by atoms with van der Waals surface area (Å²) >= 11 is 5.91. The molecule has 0 unspecified atom stereocenters. The van der Waals surface area contributed by atoms with Crippen molar-refractivity contribution in [1.29, 1.82) is 0 Å². The van der Waals surface area contributed by atoms with Crippen LogP contribution in [0, 0.1) is 11.8 Å². The molecule has 1 aliphatic heterocycles. The second-order valence-corrected chi connectivity index (χ2v) is 5.49. The number of nitrogens with two attached hydrogens (primary N) is 1. The van der Waals surface area contributed by atoms with Gasteiger partial charge < -0.3 is 10.6 Å². The van der Waals surface area contributed by atoms with Crippen LogP contribution in [0.2, 0.25) is 5.02 Å². The van der Waals surface area contributed by atoms with Gasteiger partial charge in [-0.25, -0.2) is 0 Å². The minimum Gasteiger partial charge on any atom is -0.397 e. The van der Waals surface area contributed by atoms with Gasteiger partial charge in [-0.15, -0.1) is 0 Å². The minimum atomic E-state index is 0.708. The fraction of sp³-hybridized carbons (Fsp3) is 0.538. The van der Waals surface area contributed by atoms with Crippen molar-refractivity contribution in [1.82, 2.24) is 0 Å². The van der Waals surface area contributed by atoms with E-state index >= 15 is 0 Å². The van der Waals surface area contributed by atoms with Crippen molar-refractivity contribution in [2.75, 3.05) is 23.7 Å². The predicted molar refractivity (Wildman–Crippen MR) is 71.0 cm³/mol. The molecule has 0 spiro atoms. The second kappa shape index (κ2) is 4.54. The molecule has 0 aliphatic carbocycles. The quantitative estimate of drug-likeness (QED) is 0.760. The van der Waals surface area contributed by atoms with Gasteiger partial charge in [0.05, 0.1) is 11.4 Å². The fourth-order valence-electron chi connectivity index (χ4n) is 2.67. The summed E-state index contributed by atoms with van der Waals surface area (Å²) in [5.41, 5.74) is 7.93. The van der Waals surface area contributed by atoms with Gasteiger partial charge in [0.2, 0.25) is 0 Å². The lowest BCUT2D eigenvalue weighted by atomic mass is 9.91. The topological polar surface area (TPSA) is 29.3 Å². The van der Waals surface area contributed by atoms with Gasteiger partial charge in [-0.05, 0) is 36.5 Å². The summed E-state index contributed by atoms with van der Waals surface area (Å²) in [7, 11) is 0. The molecule has 1 fully saturated rings. The second-order valence-electron chi connectivity index (χ2n) is 5.05. The van der Waals surface area contributed by atoms with Gasteiger partial charge in [0, 0.05) is 18.1 Å². The van der Waals surface area contributed by atoms with Gasteiger partial charge in [0.15, 0.2) is 0 Å². The molecule has 1 aliphatic rings.